The van der Waals surface area contributed by atoms with Gasteiger partial charge in [-0.15, -0.1) is 11.8 Å². The van der Waals surface area contributed by atoms with Gasteiger partial charge in [-0.05, 0) is 30.7 Å². The Morgan fingerprint density at radius 3 is 2.85 bits per heavy atom. The molecular formula is C14H17N3OS2. The molecule has 2 N–H and O–H groups in total. The van der Waals surface area contributed by atoms with Crippen LogP contribution in [-0.2, 0) is 0 Å². The van der Waals surface area contributed by atoms with E-state index >= 15 is 0 Å². The Balaban J connectivity index is 1.87. The predicted octanol–water partition coefficient (Wildman–Crippen LogP) is 3.54. The number of aryl methyl sites for hydroxylation is 1. The normalized spacial score (nSPS) is 22.9. The summed E-state index contributed by atoms with van der Waals surface area (Å²) in [6.07, 6.45) is 0. The molecule has 0 amide bonds. The second-order valence-corrected chi connectivity index (χ2v) is 7.63. The van der Waals surface area contributed by atoms with E-state index in [0.29, 0.717) is 16.4 Å². The largest absolute Gasteiger partial charge is 0.399 e. The highest BCUT2D eigenvalue weighted by molar-refractivity contribution is 8.06. The number of nitrogens with two attached hydrogens (primary N) is 1. The van der Waals surface area contributed by atoms with Crippen molar-refractivity contribution in [1.29, 1.82) is 0 Å². The summed E-state index contributed by atoms with van der Waals surface area (Å²) < 4.78 is 5.42. The molecule has 106 valence electrons. The molecule has 0 aliphatic carbocycles. The molecule has 2 unspecified atom stereocenters. The summed E-state index contributed by atoms with van der Waals surface area (Å²) in [6.45, 7) is 4.21. The van der Waals surface area contributed by atoms with Crippen molar-refractivity contribution in [3.05, 3.63) is 29.6 Å². The number of rotatable bonds is 2. The summed E-state index contributed by atoms with van der Waals surface area (Å²) in [5.74, 6) is 3.72. The molecule has 1 aliphatic rings. The SMILES string of the molecule is Cc1cc(-c2nc(C3SCCSC3C)no2)ccc1N. The van der Waals surface area contributed by atoms with Gasteiger partial charge in [-0.25, -0.2) is 0 Å². The maximum Gasteiger partial charge on any atom is 0.257 e. The molecular weight excluding hydrogens is 290 g/mol. The molecule has 0 saturated carbocycles. The number of nitrogens with zero attached hydrogens (tertiary/aromatic N) is 2. The lowest BCUT2D eigenvalue weighted by atomic mass is 10.1. The van der Waals surface area contributed by atoms with Gasteiger partial charge in [0.1, 0.15) is 0 Å². The highest BCUT2D eigenvalue weighted by Gasteiger charge is 2.28. The standard InChI is InChI=1S/C14H17N3OS2/c1-8-7-10(3-4-11(8)15)14-16-13(17-18-14)12-9(2)19-5-6-20-12/h3-4,7,9,12H,5-6,15H2,1-2H3. The first-order valence-electron chi connectivity index (χ1n) is 6.58. The molecule has 2 heterocycles. The lowest BCUT2D eigenvalue weighted by molar-refractivity contribution is 0.422. The molecule has 0 radical (unpaired) electrons. The van der Waals surface area contributed by atoms with Gasteiger partial charge in [0, 0.05) is 28.0 Å². The number of benzene rings is 1. The minimum Gasteiger partial charge on any atom is -0.399 e. The van der Waals surface area contributed by atoms with E-state index in [9.17, 15) is 0 Å². The number of anilines is 1. The number of aromatic nitrogens is 2. The quantitative estimate of drug-likeness (QED) is 0.856. The zero-order valence-electron chi connectivity index (χ0n) is 11.5. The highest BCUT2D eigenvalue weighted by Crippen LogP contribution is 2.41. The first kappa shape index (κ1) is 13.8. The van der Waals surface area contributed by atoms with Crippen molar-refractivity contribution in [3.63, 3.8) is 0 Å². The van der Waals surface area contributed by atoms with E-state index in [1.54, 1.807) is 0 Å². The molecule has 0 bridgehead atoms. The lowest BCUT2D eigenvalue weighted by Gasteiger charge is -2.24. The van der Waals surface area contributed by atoms with Gasteiger partial charge in [0.15, 0.2) is 5.82 Å². The highest BCUT2D eigenvalue weighted by atomic mass is 32.2. The minimum atomic E-state index is 0.320. The van der Waals surface area contributed by atoms with Gasteiger partial charge in [0.25, 0.3) is 5.89 Å². The maximum absolute atomic E-state index is 5.83. The topological polar surface area (TPSA) is 64.9 Å². The molecule has 1 fully saturated rings. The second-order valence-electron chi connectivity index (χ2n) is 4.90. The van der Waals surface area contributed by atoms with Gasteiger partial charge in [0.05, 0.1) is 5.25 Å². The van der Waals surface area contributed by atoms with Crippen LogP contribution in [0.1, 0.15) is 23.6 Å². The van der Waals surface area contributed by atoms with E-state index in [2.05, 4.69) is 17.1 Å². The van der Waals surface area contributed by atoms with Gasteiger partial charge in [0.2, 0.25) is 0 Å². The summed E-state index contributed by atoms with van der Waals surface area (Å²) in [4.78, 5) is 4.57. The van der Waals surface area contributed by atoms with Crippen LogP contribution in [0.25, 0.3) is 11.5 Å². The molecule has 4 nitrogen and oxygen atoms in total. The molecule has 0 spiro atoms. The Kier molecular flexibility index (Phi) is 3.94. The van der Waals surface area contributed by atoms with E-state index in [4.69, 9.17) is 10.3 Å². The molecule has 20 heavy (non-hydrogen) atoms. The Bertz CT molecular complexity index is 614. The minimum absolute atomic E-state index is 0.320. The van der Waals surface area contributed by atoms with Gasteiger partial charge in [-0.2, -0.15) is 16.7 Å². The molecule has 1 aromatic carbocycles. The number of hydrogen-bond acceptors (Lipinski definition) is 6. The first-order valence-corrected chi connectivity index (χ1v) is 8.68. The predicted molar refractivity (Wildman–Crippen MR) is 86.0 cm³/mol. The third-order valence-electron chi connectivity index (χ3n) is 3.40. The number of thioether (sulfide) groups is 2. The van der Waals surface area contributed by atoms with Crippen LogP contribution in [-0.4, -0.2) is 26.9 Å². The summed E-state index contributed by atoms with van der Waals surface area (Å²) in [7, 11) is 0. The average Bonchev–Trinajstić information content (AvgIpc) is 2.92. The van der Waals surface area contributed by atoms with Crippen molar-refractivity contribution >= 4 is 29.2 Å². The Hall–Kier alpha value is -1.14. The summed E-state index contributed by atoms with van der Waals surface area (Å²) in [5.41, 5.74) is 8.57. The van der Waals surface area contributed by atoms with Crippen molar-refractivity contribution in [2.45, 2.75) is 24.3 Å². The summed E-state index contributed by atoms with van der Waals surface area (Å²) >= 11 is 3.88. The lowest BCUT2D eigenvalue weighted by Crippen LogP contribution is -2.16. The third kappa shape index (κ3) is 2.67. The van der Waals surface area contributed by atoms with Crippen LogP contribution in [0.4, 0.5) is 5.69 Å². The van der Waals surface area contributed by atoms with E-state index in [-0.39, 0.29) is 0 Å². The fourth-order valence-electron chi connectivity index (χ4n) is 2.19. The van der Waals surface area contributed by atoms with Crippen LogP contribution < -0.4 is 5.73 Å². The van der Waals surface area contributed by atoms with Crippen molar-refractivity contribution in [1.82, 2.24) is 10.1 Å². The molecule has 3 rings (SSSR count). The molecule has 2 aromatic rings. The van der Waals surface area contributed by atoms with Crippen LogP contribution >= 0.6 is 23.5 Å². The Morgan fingerprint density at radius 1 is 1.30 bits per heavy atom. The molecule has 1 aromatic heterocycles. The molecule has 1 aliphatic heterocycles. The smallest absolute Gasteiger partial charge is 0.257 e. The Labute approximate surface area is 126 Å². The van der Waals surface area contributed by atoms with Gasteiger partial charge in [-0.1, -0.05) is 12.1 Å². The van der Waals surface area contributed by atoms with Crippen LogP contribution in [0.15, 0.2) is 22.7 Å². The summed E-state index contributed by atoms with van der Waals surface area (Å²) in [5, 5.41) is 5.01. The fourth-order valence-corrected chi connectivity index (χ4v) is 4.87. The van der Waals surface area contributed by atoms with Crippen LogP contribution in [0.3, 0.4) is 0 Å². The first-order chi connectivity index (χ1) is 9.65. The average molecular weight is 307 g/mol. The van der Waals surface area contributed by atoms with Gasteiger partial charge < -0.3 is 10.3 Å². The van der Waals surface area contributed by atoms with Crippen LogP contribution in [0.5, 0.6) is 0 Å². The molecule has 6 heteroatoms. The number of hydrogen-bond donors (Lipinski definition) is 1. The van der Waals surface area contributed by atoms with E-state index in [1.165, 1.54) is 5.75 Å². The Morgan fingerprint density at radius 2 is 2.10 bits per heavy atom. The molecule has 1 saturated heterocycles. The van der Waals surface area contributed by atoms with E-state index in [1.807, 2.05) is 48.6 Å². The van der Waals surface area contributed by atoms with Crippen molar-refractivity contribution in [3.8, 4) is 11.5 Å². The number of nitrogen functional groups attached to an aromatic ring is 1. The second kappa shape index (κ2) is 5.69. The van der Waals surface area contributed by atoms with E-state index in [0.717, 1.165) is 28.4 Å². The van der Waals surface area contributed by atoms with E-state index < -0.39 is 0 Å². The van der Waals surface area contributed by atoms with Crippen molar-refractivity contribution in [2.75, 3.05) is 17.2 Å². The zero-order valence-corrected chi connectivity index (χ0v) is 13.1. The van der Waals surface area contributed by atoms with Gasteiger partial charge >= 0.3 is 0 Å². The van der Waals surface area contributed by atoms with Gasteiger partial charge in [-0.3, -0.25) is 0 Å². The summed E-state index contributed by atoms with van der Waals surface area (Å²) in [6, 6.07) is 5.78. The maximum atomic E-state index is 5.83. The van der Waals surface area contributed by atoms with Crippen molar-refractivity contribution < 1.29 is 4.52 Å². The van der Waals surface area contributed by atoms with Crippen LogP contribution in [0.2, 0.25) is 0 Å². The van der Waals surface area contributed by atoms with Crippen molar-refractivity contribution in [2.24, 2.45) is 0 Å². The monoisotopic (exact) mass is 307 g/mol. The zero-order chi connectivity index (χ0) is 14.1. The van der Waals surface area contributed by atoms with Crippen LogP contribution in [0, 0.1) is 6.92 Å². The molecule has 2 atom stereocenters. The third-order valence-corrected chi connectivity index (χ3v) is 6.49. The fraction of sp³-hybridized carbons (Fsp3) is 0.429.